The van der Waals surface area contributed by atoms with Crippen LogP contribution in [-0.4, -0.2) is 22.7 Å². The molecule has 1 heterocycles. The van der Waals surface area contributed by atoms with Crippen LogP contribution < -0.4 is 10.1 Å². The molecule has 0 saturated heterocycles. The van der Waals surface area contributed by atoms with E-state index in [2.05, 4.69) is 17.2 Å². The van der Waals surface area contributed by atoms with Gasteiger partial charge in [-0.05, 0) is 31.2 Å². The van der Waals surface area contributed by atoms with E-state index in [-0.39, 0.29) is 0 Å². The second-order valence-corrected chi connectivity index (χ2v) is 4.97. The molecule has 0 aliphatic rings. The minimum absolute atomic E-state index is 0.573. The Morgan fingerprint density at radius 3 is 2.90 bits per heavy atom. The lowest BCUT2D eigenvalue weighted by molar-refractivity contribution is 0.297. The SMILES string of the molecule is CCNCc1ccc(OCCn2ccnc2C)c(Cl)c1. The van der Waals surface area contributed by atoms with Crippen molar-refractivity contribution >= 4 is 11.6 Å². The summed E-state index contributed by atoms with van der Waals surface area (Å²) < 4.78 is 7.77. The van der Waals surface area contributed by atoms with Crippen molar-refractivity contribution in [2.75, 3.05) is 13.2 Å². The molecule has 108 valence electrons. The average molecular weight is 294 g/mol. The molecule has 0 unspecified atom stereocenters. The van der Waals surface area contributed by atoms with Gasteiger partial charge >= 0.3 is 0 Å². The highest BCUT2D eigenvalue weighted by Gasteiger charge is 2.04. The summed E-state index contributed by atoms with van der Waals surface area (Å²) in [5.74, 6) is 1.71. The third kappa shape index (κ3) is 3.99. The standard InChI is InChI=1S/C15H20ClN3O/c1-3-17-11-13-4-5-15(14(16)10-13)20-9-8-19-7-6-18-12(19)2/h4-7,10,17H,3,8-9,11H2,1-2H3. The van der Waals surface area contributed by atoms with E-state index >= 15 is 0 Å². The van der Waals surface area contributed by atoms with Crippen molar-refractivity contribution in [1.82, 2.24) is 14.9 Å². The van der Waals surface area contributed by atoms with E-state index in [9.17, 15) is 0 Å². The van der Waals surface area contributed by atoms with Crippen LogP contribution in [0.25, 0.3) is 0 Å². The van der Waals surface area contributed by atoms with Crippen LogP contribution in [0.5, 0.6) is 5.75 Å². The van der Waals surface area contributed by atoms with Crippen LogP contribution in [-0.2, 0) is 13.1 Å². The topological polar surface area (TPSA) is 39.1 Å². The molecular formula is C15H20ClN3O. The van der Waals surface area contributed by atoms with Gasteiger partial charge in [-0.15, -0.1) is 0 Å². The van der Waals surface area contributed by atoms with E-state index < -0.39 is 0 Å². The zero-order chi connectivity index (χ0) is 14.4. The summed E-state index contributed by atoms with van der Waals surface area (Å²) in [6.07, 6.45) is 3.73. The molecule has 0 atom stereocenters. The van der Waals surface area contributed by atoms with Crippen LogP contribution in [0.1, 0.15) is 18.3 Å². The third-order valence-electron chi connectivity index (χ3n) is 3.09. The molecular weight excluding hydrogens is 274 g/mol. The summed E-state index contributed by atoms with van der Waals surface area (Å²) in [6.45, 7) is 7.16. The molecule has 0 saturated carbocycles. The third-order valence-corrected chi connectivity index (χ3v) is 3.38. The number of halogens is 1. The summed E-state index contributed by atoms with van der Waals surface area (Å²) >= 11 is 6.23. The van der Waals surface area contributed by atoms with E-state index in [0.29, 0.717) is 11.6 Å². The lowest BCUT2D eigenvalue weighted by Gasteiger charge is -2.11. The average Bonchev–Trinajstić information content (AvgIpc) is 2.84. The molecule has 1 N–H and O–H groups in total. The Bertz CT molecular complexity index is 554. The van der Waals surface area contributed by atoms with Gasteiger partial charge in [0.05, 0.1) is 11.6 Å². The molecule has 0 aliphatic heterocycles. The largest absolute Gasteiger partial charge is 0.490 e. The fourth-order valence-corrected chi connectivity index (χ4v) is 2.19. The number of hydrogen-bond acceptors (Lipinski definition) is 3. The molecule has 20 heavy (non-hydrogen) atoms. The van der Waals surface area contributed by atoms with Gasteiger partial charge in [0.2, 0.25) is 0 Å². The maximum Gasteiger partial charge on any atom is 0.137 e. The monoisotopic (exact) mass is 293 g/mol. The first-order chi connectivity index (χ1) is 9.70. The summed E-state index contributed by atoms with van der Waals surface area (Å²) in [5, 5.41) is 3.92. The number of nitrogens with zero attached hydrogens (tertiary/aromatic N) is 2. The number of hydrogen-bond donors (Lipinski definition) is 1. The fourth-order valence-electron chi connectivity index (χ4n) is 1.93. The predicted molar refractivity (Wildman–Crippen MR) is 81.3 cm³/mol. The van der Waals surface area contributed by atoms with Gasteiger partial charge in [-0.25, -0.2) is 4.98 Å². The maximum atomic E-state index is 6.23. The smallest absolute Gasteiger partial charge is 0.137 e. The number of benzene rings is 1. The molecule has 4 nitrogen and oxygen atoms in total. The second kappa shape index (κ2) is 7.31. The second-order valence-electron chi connectivity index (χ2n) is 4.56. The lowest BCUT2D eigenvalue weighted by Crippen LogP contribution is -2.12. The number of ether oxygens (including phenoxy) is 1. The van der Waals surface area contributed by atoms with Gasteiger partial charge in [-0.3, -0.25) is 0 Å². The maximum absolute atomic E-state index is 6.23. The van der Waals surface area contributed by atoms with E-state index in [0.717, 1.165) is 36.8 Å². The molecule has 0 radical (unpaired) electrons. The van der Waals surface area contributed by atoms with Crippen molar-refractivity contribution in [2.24, 2.45) is 0 Å². The van der Waals surface area contributed by atoms with Crippen molar-refractivity contribution in [3.63, 3.8) is 0 Å². The summed E-state index contributed by atoms with van der Waals surface area (Å²) in [5.41, 5.74) is 1.16. The quantitative estimate of drug-likeness (QED) is 0.853. The van der Waals surface area contributed by atoms with Gasteiger partial charge in [-0.1, -0.05) is 24.6 Å². The molecule has 2 rings (SSSR count). The first-order valence-corrected chi connectivity index (χ1v) is 7.18. The minimum atomic E-state index is 0.573. The summed E-state index contributed by atoms with van der Waals surface area (Å²) in [7, 11) is 0. The zero-order valence-electron chi connectivity index (χ0n) is 11.9. The molecule has 5 heteroatoms. The molecule has 1 aromatic carbocycles. The number of rotatable bonds is 7. The van der Waals surface area contributed by atoms with Crippen molar-refractivity contribution in [2.45, 2.75) is 26.9 Å². The van der Waals surface area contributed by atoms with Gasteiger partial charge in [0.1, 0.15) is 18.2 Å². The lowest BCUT2D eigenvalue weighted by atomic mass is 10.2. The van der Waals surface area contributed by atoms with Gasteiger partial charge in [0, 0.05) is 18.9 Å². The summed E-state index contributed by atoms with van der Waals surface area (Å²) in [6, 6.07) is 5.91. The Kier molecular flexibility index (Phi) is 5.44. The normalized spacial score (nSPS) is 10.8. The Balaban J connectivity index is 1.88. The van der Waals surface area contributed by atoms with E-state index in [4.69, 9.17) is 16.3 Å². The molecule has 0 fully saturated rings. The van der Waals surface area contributed by atoms with Crippen molar-refractivity contribution in [1.29, 1.82) is 0 Å². The number of aryl methyl sites for hydroxylation is 1. The predicted octanol–water partition coefficient (Wildman–Crippen LogP) is 3.03. The number of nitrogens with one attached hydrogen (secondary N) is 1. The first-order valence-electron chi connectivity index (χ1n) is 6.80. The first kappa shape index (κ1) is 14.9. The Morgan fingerprint density at radius 1 is 1.40 bits per heavy atom. The zero-order valence-corrected chi connectivity index (χ0v) is 12.7. The van der Waals surface area contributed by atoms with Gasteiger partial charge < -0.3 is 14.6 Å². The minimum Gasteiger partial charge on any atom is -0.490 e. The Labute approximate surface area is 124 Å². The highest BCUT2D eigenvalue weighted by atomic mass is 35.5. The molecule has 0 aliphatic carbocycles. The van der Waals surface area contributed by atoms with Crippen molar-refractivity contribution in [3.8, 4) is 5.75 Å². The van der Waals surface area contributed by atoms with Crippen LogP contribution in [0.3, 0.4) is 0 Å². The van der Waals surface area contributed by atoms with Crippen LogP contribution in [0.4, 0.5) is 0 Å². The highest BCUT2D eigenvalue weighted by molar-refractivity contribution is 6.32. The van der Waals surface area contributed by atoms with E-state index in [1.165, 1.54) is 0 Å². The Hall–Kier alpha value is -1.52. The molecule has 1 aromatic heterocycles. The van der Waals surface area contributed by atoms with Crippen LogP contribution >= 0.6 is 11.6 Å². The van der Waals surface area contributed by atoms with Gasteiger partial charge in [0.25, 0.3) is 0 Å². The van der Waals surface area contributed by atoms with Crippen molar-refractivity contribution < 1.29 is 4.74 Å². The summed E-state index contributed by atoms with van der Waals surface area (Å²) in [4.78, 5) is 4.17. The number of aromatic nitrogens is 2. The molecule has 0 amide bonds. The highest BCUT2D eigenvalue weighted by Crippen LogP contribution is 2.25. The van der Waals surface area contributed by atoms with Crippen molar-refractivity contribution in [3.05, 3.63) is 47.0 Å². The van der Waals surface area contributed by atoms with Gasteiger partial charge in [0.15, 0.2) is 0 Å². The molecule has 0 bridgehead atoms. The molecule has 2 aromatic rings. The van der Waals surface area contributed by atoms with E-state index in [1.54, 1.807) is 6.20 Å². The van der Waals surface area contributed by atoms with Crippen LogP contribution in [0.2, 0.25) is 5.02 Å². The molecule has 0 spiro atoms. The van der Waals surface area contributed by atoms with Gasteiger partial charge in [-0.2, -0.15) is 0 Å². The Morgan fingerprint density at radius 2 is 2.25 bits per heavy atom. The van der Waals surface area contributed by atoms with E-state index in [1.807, 2.05) is 35.9 Å². The van der Waals surface area contributed by atoms with Crippen LogP contribution in [0, 0.1) is 6.92 Å². The number of imidazole rings is 1. The van der Waals surface area contributed by atoms with Crippen LogP contribution in [0.15, 0.2) is 30.6 Å². The fraction of sp³-hybridized carbons (Fsp3) is 0.400.